The first kappa shape index (κ1) is 15.7. The molecule has 1 aromatic rings. The first-order valence-electron chi connectivity index (χ1n) is 5.99. The van der Waals surface area contributed by atoms with Gasteiger partial charge in [-0.05, 0) is 45.3 Å². The van der Waals surface area contributed by atoms with E-state index in [4.69, 9.17) is 10.9 Å². The predicted molar refractivity (Wildman–Crippen MR) is 78.7 cm³/mol. The Morgan fingerprint density at radius 3 is 2.26 bits per heavy atom. The van der Waals surface area contributed by atoms with Crippen molar-refractivity contribution in [3.05, 3.63) is 18.2 Å². The summed E-state index contributed by atoms with van der Waals surface area (Å²) in [6.45, 7) is 1.78. The Balaban J connectivity index is 2.86. The van der Waals surface area contributed by atoms with E-state index in [1.807, 2.05) is 26.0 Å². The molecule has 0 unspecified atom stereocenters. The van der Waals surface area contributed by atoms with E-state index in [2.05, 4.69) is 4.90 Å². The lowest BCUT2D eigenvalue weighted by molar-refractivity contribution is 0.401. The first-order valence-corrected chi connectivity index (χ1v) is 7.54. The van der Waals surface area contributed by atoms with Crippen molar-refractivity contribution < 1.29 is 8.42 Å². The standard InChI is InChI=1S/C12H22N4O2S/c1-15(2)5-4-6-16(3)11-7-10(13)8-12(9-11)19(14,17)18/h7-9H,4-6,13H2,1-3H3,(H2,14,17,18). The molecule has 19 heavy (non-hydrogen) atoms. The molecule has 7 heteroatoms. The minimum absolute atomic E-state index is 0.0435. The van der Waals surface area contributed by atoms with Crippen LogP contribution in [0.4, 0.5) is 11.4 Å². The second kappa shape index (κ2) is 6.23. The van der Waals surface area contributed by atoms with Gasteiger partial charge in [-0.25, -0.2) is 13.6 Å². The third-order valence-electron chi connectivity index (χ3n) is 2.78. The molecule has 0 radical (unpaired) electrons. The average molecular weight is 286 g/mol. The summed E-state index contributed by atoms with van der Waals surface area (Å²) in [6.07, 6.45) is 0.975. The van der Waals surface area contributed by atoms with Crippen molar-refractivity contribution in [2.24, 2.45) is 5.14 Å². The molecular weight excluding hydrogens is 264 g/mol. The van der Waals surface area contributed by atoms with Gasteiger partial charge in [-0.15, -0.1) is 0 Å². The highest BCUT2D eigenvalue weighted by molar-refractivity contribution is 7.89. The number of primary sulfonamides is 1. The van der Waals surface area contributed by atoms with Gasteiger partial charge in [0.25, 0.3) is 0 Å². The third-order valence-corrected chi connectivity index (χ3v) is 3.67. The molecule has 0 aliphatic carbocycles. The van der Waals surface area contributed by atoms with E-state index in [0.717, 1.165) is 25.2 Å². The summed E-state index contributed by atoms with van der Waals surface area (Å²) in [6, 6.07) is 4.65. The average Bonchev–Trinajstić information content (AvgIpc) is 2.26. The molecule has 0 saturated carbocycles. The van der Waals surface area contributed by atoms with Crippen LogP contribution in [-0.4, -0.2) is 47.6 Å². The molecule has 0 saturated heterocycles. The molecule has 0 aromatic heterocycles. The lowest BCUT2D eigenvalue weighted by Crippen LogP contribution is -2.24. The molecule has 6 nitrogen and oxygen atoms in total. The largest absolute Gasteiger partial charge is 0.399 e. The zero-order valence-corrected chi connectivity index (χ0v) is 12.4. The first-order chi connectivity index (χ1) is 8.70. The minimum Gasteiger partial charge on any atom is -0.399 e. The van der Waals surface area contributed by atoms with Crippen LogP contribution in [0.2, 0.25) is 0 Å². The number of hydrogen-bond acceptors (Lipinski definition) is 5. The second-order valence-electron chi connectivity index (χ2n) is 4.88. The van der Waals surface area contributed by atoms with E-state index >= 15 is 0 Å². The maximum atomic E-state index is 11.4. The summed E-state index contributed by atoms with van der Waals surface area (Å²) in [4.78, 5) is 4.11. The monoisotopic (exact) mass is 286 g/mol. The van der Waals surface area contributed by atoms with E-state index in [1.165, 1.54) is 6.07 Å². The van der Waals surface area contributed by atoms with Crippen molar-refractivity contribution >= 4 is 21.4 Å². The predicted octanol–water partition coefficient (Wildman–Crippen LogP) is 0.304. The summed E-state index contributed by atoms with van der Waals surface area (Å²) in [5.74, 6) is 0. The fourth-order valence-electron chi connectivity index (χ4n) is 1.74. The smallest absolute Gasteiger partial charge is 0.238 e. The molecule has 108 valence electrons. The third kappa shape index (κ3) is 5.06. The van der Waals surface area contributed by atoms with Gasteiger partial charge in [0, 0.05) is 25.0 Å². The lowest BCUT2D eigenvalue weighted by Gasteiger charge is -2.21. The van der Waals surface area contributed by atoms with Gasteiger partial charge in [0.1, 0.15) is 0 Å². The van der Waals surface area contributed by atoms with Crippen LogP contribution >= 0.6 is 0 Å². The van der Waals surface area contributed by atoms with Crippen molar-refractivity contribution in [2.75, 3.05) is 44.9 Å². The number of anilines is 2. The number of benzene rings is 1. The summed E-state index contributed by atoms with van der Waals surface area (Å²) in [5, 5.41) is 5.13. The van der Waals surface area contributed by atoms with Crippen molar-refractivity contribution in [1.82, 2.24) is 4.90 Å². The quantitative estimate of drug-likeness (QED) is 0.734. The number of rotatable bonds is 6. The summed E-state index contributed by atoms with van der Waals surface area (Å²) in [7, 11) is 2.20. The van der Waals surface area contributed by atoms with Crippen molar-refractivity contribution in [1.29, 1.82) is 0 Å². The summed E-state index contributed by atoms with van der Waals surface area (Å²) < 4.78 is 22.7. The number of nitrogen functional groups attached to an aromatic ring is 1. The highest BCUT2D eigenvalue weighted by atomic mass is 32.2. The Hall–Kier alpha value is -1.31. The maximum Gasteiger partial charge on any atom is 0.238 e. The van der Waals surface area contributed by atoms with Gasteiger partial charge in [0.05, 0.1) is 4.90 Å². The van der Waals surface area contributed by atoms with Crippen molar-refractivity contribution in [2.45, 2.75) is 11.3 Å². The van der Waals surface area contributed by atoms with Crippen LogP contribution in [0.5, 0.6) is 0 Å². The van der Waals surface area contributed by atoms with E-state index in [-0.39, 0.29) is 4.90 Å². The van der Waals surface area contributed by atoms with Gasteiger partial charge >= 0.3 is 0 Å². The number of sulfonamides is 1. The SMILES string of the molecule is CN(C)CCCN(C)c1cc(N)cc(S(N)(=O)=O)c1. The Bertz CT molecular complexity index is 529. The van der Waals surface area contributed by atoms with Crippen LogP contribution in [0.25, 0.3) is 0 Å². The van der Waals surface area contributed by atoms with Gasteiger partial charge in [0.15, 0.2) is 0 Å². The molecule has 0 spiro atoms. The van der Waals surface area contributed by atoms with Crippen LogP contribution in [0.1, 0.15) is 6.42 Å². The molecule has 0 fully saturated rings. The van der Waals surface area contributed by atoms with Crippen LogP contribution in [0.15, 0.2) is 23.1 Å². The van der Waals surface area contributed by atoms with Crippen LogP contribution in [0.3, 0.4) is 0 Å². The van der Waals surface area contributed by atoms with Gasteiger partial charge in [-0.1, -0.05) is 0 Å². The number of hydrogen-bond donors (Lipinski definition) is 2. The van der Waals surface area contributed by atoms with Crippen molar-refractivity contribution in [3.8, 4) is 0 Å². The molecule has 4 N–H and O–H groups in total. The highest BCUT2D eigenvalue weighted by Crippen LogP contribution is 2.22. The molecule has 1 rings (SSSR count). The van der Waals surface area contributed by atoms with E-state index < -0.39 is 10.0 Å². The zero-order valence-electron chi connectivity index (χ0n) is 11.6. The molecule has 0 atom stereocenters. The zero-order chi connectivity index (χ0) is 14.6. The van der Waals surface area contributed by atoms with Gasteiger partial charge in [0.2, 0.25) is 10.0 Å². The molecule has 0 amide bonds. The van der Waals surface area contributed by atoms with E-state index in [9.17, 15) is 8.42 Å². The van der Waals surface area contributed by atoms with E-state index in [1.54, 1.807) is 12.1 Å². The van der Waals surface area contributed by atoms with Gasteiger partial charge < -0.3 is 15.5 Å². The Kier molecular flexibility index (Phi) is 5.16. The van der Waals surface area contributed by atoms with Crippen molar-refractivity contribution in [3.63, 3.8) is 0 Å². The molecule has 0 bridgehead atoms. The lowest BCUT2D eigenvalue weighted by atomic mass is 10.2. The summed E-state index contributed by atoms with van der Waals surface area (Å²) in [5.41, 5.74) is 6.86. The van der Waals surface area contributed by atoms with Crippen LogP contribution in [-0.2, 0) is 10.0 Å². The van der Waals surface area contributed by atoms with Gasteiger partial charge in [-0.3, -0.25) is 0 Å². The molecule has 0 aliphatic heterocycles. The minimum atomic E-state index is -3.73. The van der Waals surface area contributed by atoms with E-state index in [0.29, 0.717) is 5.69 Å². The Morgan fingerprint density at radius 1 is 1.11 bits per heavy atom. The Morgan fingerprint density at radius 2 is 1.74 bits per heavy atom. The molecular formula is C12H22N4O2S. The van der Waals surface area contributed by atoms with Crippen LogP contribution in [0, 0.1) is 0 Å². The highest BCUT2D eigenvalue weighted by Gasteiger charge is 2.11. The van der Waals surface area contributed by atoms with Crippen LogP contribution < -0.4 is 15.8 Å². The normalized spacial score (nSPS) is 11.8. The number of nitrogens with zero attached hydrogens (tertiary/aromatic N) is 2. The molecule has 1 aromatic carbocycles. The fraction of sp³-hybridized carbons (Fsp3) is 0.500. The number of nitrogens with two attached hydrogens (primary N) is 2. The molecule has 0 aliphatic rings. The second-order valence-corrected chi connectivity index (χ2v) is 6.45. The van der Waals surface area contributed by atoms with Gasteiger partial charge in [-0.2, -0.15) is 0 Å². The fourth-order valence-corrected chi connectivity index (χ4v) is 2.33. The Labute approximate surface area is 115 Å². The summed E-state index contributed by atoms with van der Waals surface area (Å²) >= 11 is 0. The topological polar surface area (TPSA) is 92.7 Å². The molecule has 0 heterocycles. The maximum absolute atomic E-state index is 11.4.